The molecular formula is C29H52N2O3. The van der Waals surface area contributed by atoms with Crippen molar-refractivity contribution in [1.29, 1.82) is 0 Å². The Kier molecular flexibility index (Phi) is 8.36. The molecule has 4 saturated carbocycles. The molecule has 0 saturated heterocycles. The van der Waals surface area contributed by atoms with Gasteiger partial charge in [-0.05, 0) is 130 Å². The number of rotatable bonds is 9. The molecule has 4 aliphatic rings. The predicted octanol–water partition coefficient (Wildman–Crippen LogP) is 4.90. The van der Waals surface area contributed by atoms with Gasteiger partial charge in [0.25, 0.3) is 0 Å². The van der Waals surface area contributed by atoms with E-state index in [-0.39, 0.29) is 12.1 Å². The van der Waals surface area contributed by atoms with E-state index in [9.17, 15) is 9.90 Å². The molecule has 0 spiro atoms. The van der Waals surface area contributed by atoms with Gasteiger partial charge in [-0.15, -0.1) is 0 Å². The monoisotopic (exact) mass is 476 g/mol. The van der Waals surface area contributed by atoms with Crippen molar-refractivity contribution in [2.75, 3.05) is 20.2 Å². The van der Waals surface area contributed by atoms with Gasteiger partial charge in [-0.25, -0.2) is 0 Å². The Hall–Kier alpha value is -0.650. The lowest BCUT2D eigenvalue weighted by atomic mass is 9.43. The van der Waals surface area contributed by atoms with Crippen molar-refractivity contribution in [1.82, 2.24) is 5.32 Å². The van der Waals surface area contributed by atoms with Crippen LogP contribution in [0.2, 0.25) is 0 Å². The van der Waals surface area contributed by atoms with Crippen molar-refractivity contribution < 1.29 is 14.6 Å². The summed E-state index contributed by atoms with van der Waals surface area (Å²) in [7, 11) is 1.49. The Morgan fingerprint density at radius 3 is 2.56 bits per heavy atom. The molecule has 4 rings (SSSR count). The van der Waals surface area contributed by atoms with E-state index < -0.39 is 0 Å². The minimum atomic E-state index is -0.146. The summed E-state index contributed by atoms with van der Waals surface area (Å²) in [6.07, 6.45) is 13.5. The van der Waals surface area contributed by atoms with Crippen LogP contribution < -0.4 is 11.1 Å². The molecule has 6 unspecified atom stereocenters. The van der Waals surface area contributed by atoms with E-state index in [2.05, 4.69) is 26.1 Å². The minimum Gasteiger partial charge on any atom is -0.469 e. The molecule has 10 atom stereocenters. The van der Waals surface area contributed by atoms with Crippen LogP contribution in [-0.2, 0) is 9.53 Å². The van der Waals surface area contributed by atoms with Gasteiger partial charge in [0, 0.05) is 12.5 Å². The maximum atomic E-state index is 11.7. The molecule has 0 aromatic rings. The molecule has 0 heterocycles. The third-order valence-corrected chi connectivity index (χ3v) is 11.5. The highest BCUT2D eigenvalue weighted by atomic mass is 16.5. The van der Waals surface area contributed by atoms with Crippen molar-refractivity contribution in [2.45, 2.75) is 110 Å². The van der Waals surface area contributed by atoms with Crippen LogP contribution >= 0.6 is 0 Å². The standard InChI is InChI=1S/C29H52N2O3/c1-19(7-10-26(33)34-4)22-8-9-23-27-24(12-14-29(22,23)3)28(2)13-11-21(31-16-6-5-15-30)17-20(28)18-25(27)32/h19-25,27,31-32H,5-18,30H2,1-4H3/t19?,20-,21+,22-,23?,24?,25+,27?,28?,29?/m1/s1. The molecule has 0 amide bonds. The highest BCUT2D eigenvalue weighted by Gasteiger charge is 2.62. The summed E-state index contributed by atoms with van der Waals surface area (Å²) in [5, 5.41) is 15.4. The number of unbranched alkanes of at least 4 members (excludes halogenated alkanes) is 1. The minimum absolute atomic E-state index is 0.0820. The first-order valence-electron chi connectivity index (χ1n) is 14.4. The van der Waals surface area contributed by atoms with Crippen LogP contribution in [0.25, 0.3) is 0 Å². The van der Waals surface area contributed by atoms with Gasteiger partial charge in [0.1, 0.15) is 0 Å². The fourth-order valence-electron chi connectivity index (χ4n) is 9.61. The second-order valence-corrected chi connectivity index (χ2v) is 13.0. The SMILES string of the molecule is COC(=O)CCC(C)[C@H]1CCC2C3C(CCC21C)C1(C)CC[C@H](NCCCCN)C[C@@H]1C[C@@H]3O. The van der Waals surface area contributed by atoms with E-state index in [1.54, 1.807) is 0 Å². The molecule has 0 radical (unpaired) electrons. The van der Waals surface area contributed by atoms with Crippen LogP contribution in [0.3, 0.4) is 0 Å². The van der Waals surface area contributed by atoms with Crippen molar-refractivity contribution in [2.24, 2.45) is 52.1 Å². The van der Waals surface area contributed by atoms with Crippen LogP contribution in [0.1, 0.15) is 97.8 Å². The topological polar surface area (TPSA) is 84.6 Å². The number of nitrogens with one attached hydrogen (secondary N) is 1. The number of aliphatic hydroxyl groups excluding tert-OH is 1. The molecule has 4 aliphatic carbocycles. The van der Waals surface area contributed by atoms with Crippen molar-refractivity contribution >= 4 is 5.97 Å². The summed E-state index contributed by atoms with van der Waals surface area (Å²) in [5.74, 6) is 3.53. The lowest BCUT2D eigenvalue weighted by molar-refractivity contribution is -0.167. The van der Waals surface area contributed by atoms with Crippen molar-refractivity contribution in [3.63, 3.8) is 0 Å². The normalized spacial score (nSPS) is 44.6. The van der Waals surface area contributed by atoms with Gasteiger partial charge in [-0.3, -0.25) is 4.79 Å². The summed E-state index contributed by atoms with van der Waals surface area (Å²) >= 11 is 0. The van der Waals surface area contributed by atoms with E-state index in [4.69, 9.17) is 10.5 Å². The van der Waals surface area contributed by atoms with E-state index >= 15 is 0 Å². The zero-order valence-electron chi connectivity index (χ0n) is 22.4. The molecule has 5 nitrogen and oxygen atoms in total. The number of carbonyl (C=O) groups excluding carboxylic acids is 1. The number of nitrogens with two attached hydrogens (primary N) is 1. The first kappa shape index (κ1) is 26.4. The number of methoxy groups -OCH3 is 1. The van der Waals surface area contributed by atoms with E-state index in [0.29, 0.717) is 58.8 Å². The Morgan fingerprint density at radius 2 is 1.82 bits per heavy atom. The van der Waals surface area contributed by atoms with Gasteiger partial charge < -0.3 is 20.9 Å². The van der Waals surface area contributed by atoms with Crippen LogP contribution in [0.15, 0.2) is 0 Å². The largest absolute Gasteiger partial charge is 0.469 e. The summed E-state index contributed by atoms with van der Waals surface area (Å²) < 4.78 is 4.90. The van der Waals surface area contributed by atoms with E-state index in [0.717, 1.165) is 32.4 Å². The number of hydrogen-bond acceptors (Lipinski definition) is 5. The maximum Gasteiger partial charge on any atom is 0.305 e. The summed E-state index contributed by atoms with van der Waals surface area (Å²) in [6, 6.07) is 0.611. The lowest BCUT2D eigenvalue weighted by Gasteiger charge is -2.62. The molecule has 0 aliphatic heterocycles. The summed E-state index contributed by atoms with van der Waals surface area (Å²) in [6.45, 7) is 9.33. The Balaban J connectivity index is 1.42. The third-order valence-electron chi connectivity index (χ3n) is 11.5. The zero-order valence-corrected chi connectivity index (χ0v) is 22.4. The highest BCUT2D eigenvalue weighted by molar-refractivity contribution is 5.69. The lowest BCUT2D eigenvalue weighted by Crippen LogP contribution is -2.59. The third kappa shape index (κ3) is 4.83. The fraction of sp³-hybridized carbons (Fsp3) is 0.966. The Morgan fingerprint density at radius 1 is 1.09 bits per heavy atom. The first-order valence-corrected chi connectivity index (χ1v) is 14.4. The average Bonchev–Trinajstić information content (AvgIpc) is 3.18. The number of esters is 1. The highest BCUT2D eigenvalue weighted by Crippen LogP contribution is 2.68. The van der Waals surface area contributed by atoms with Crippen LogP contribution in [-0.4, -0.2) is 43.4 Å². The van der Waals surface area contributed by atoms with Crippen LogP contribution in [0.4, 0.5) is 0 Å². The van der Waals surface area contributed by atoms with Crippen LogP contribution in [0.5, 0.6) is 0 Å². The second-order valence-electron chi connectivity index (χ2n) is 13.0. The molecule has 4 N–H and O–H groups in total. The van der Waals surface area contributed by atoms with Gasteiger partial charge in [0.05, 0.1) is 13.2 Å². The quantitative estimate of drug-likeness (QED) is 0.325. The summed E-state index contributed by atoms with van der Waals surface area (Å²) in [4.78, 5) is 11.7. The Labute approximate surface area is 208 Å². The summed E-state index contributed by atoms with van der Waals surface area (Å²) in [5.41, 5.74) is 6.35. The van der Waals surface area contributed by atoms with Gasteiger partial charge in [0.2, 0.25) is 0 Å². The van der Waals surface area contributed by atoms with Gasteiger partial charge in [0.15, 0.2) is 0 Å². The number of hydrogen-bond donors (Lipinski definition) is 3. The number of ether oxygens (including phenoxy) is 1. The molecular weight excluding hydrogens is 424 g/mol. The molecule has 0 aromatic heterocycles. The number of aliphatic hydroxyl groups is 1. The number of fused-ring (bicyclic) bond motifs is 5. The van der Waals surface area contributed by atoms with Gasteiger partial charge in [-0.1, -0.05) is 20.8 Å². The van der Waals surface area contributed by atoms with Gasteiger partial charge in [-0.2, -0.15) is 0 Å². The predicted molar refractivity (Wildman–Crippen MR) is 137 cm³/mol. The van der Waals surface area contributed by atoms with Crippen LogP contribution in [0, 0.1) is 46.3 Å². The molecule has 0 bridgehead atoms. The Bertz CT molecular complexity index is 701. The molecule has 4 fully saturated rings. The molecule has 5 heteroatoms. The number of carbonyl (C=O) groups is 1. The van der Waals surface area contributed by atoms with E-state index in [1.165, 1.54) is 58.5 Å². The zero-order chi connectivity index (χ0) is 24.5. The molecule has 0 aromatic carbocycles. The van der Waals surface area contributed by atoms with Crippen molar-refractivity contribution in [3.05, 3.63) is 0 Å². The average molecular weight is 477 g/mol. The van der Waals surface area contributed by atoms with E-state index in [1.807, 2.05) is 0 Å². The molecule has 196 valence electrons. The molecule has 34 heavy (non-hydrogen) atoms. The van der Waals surface area contributed by atoms with Crippen molar-refractivity contribution in [3.8, 4) is 0 Å². The maximum absolute atomic E-state index is 11.7. The van der Waals surface area contributed by atoms with Gasteiger partial charge >= 0.3 is 5.97 Å². The second kappa shape index (κ2) is 10.8. The smallest absolute Gasteiger partial charge is 0.305 e. The first-order chi connectivity index (χ1) is 16.2. The fourth-order valence-corrected chi connectivity index (χ4v) is 9.61.